The summed E-state index contributed by atoms with van der Waals surface area (Å²) in [5, 5.41) is 0. The molecule has 0 radical (unpaired) electrons. The van der Waals surface area contributed by atoms with Gasteiger partial charge < -0.3 is 4.74 Å². The van der Waals surface area contributed by atoms with Gasteiger partial charge >= 0.3 is 0 Å². The van der Waals surface area contributed by atoms with E-state index in [1.165, 1.54) is 16.7 Å². The van der Waals surface area contributed by atoms with Gasteiger partial charge in [-0.05, 0) is 60.6 Å². The Balaban J connectivity index is 1.87. The standard InChI is InChI=1S/C23H32O3/c1-5-16-9-14(3)10-17(6-2)22(16)23-20(24)11-19(12-21(23)25)15(4)18-7-8-26-13-18/h9-10,15,18-19,23H,5-8,11-13H2,1-4H3. The third-order valence-corrected chi connectivity index (χ3v) is 6.57. The van der Waals surface area contributed by atoms with Crippen LogP contribution in [0.3, 0.4) is 0 Å². The van der Waals surface area contributed by atoms with Crippen LogP contribution in [0.15, 0.2) is 12.1 Å². The fourth-order valence-electron chi connectivity index (χ4n) is 4.96. The number of hydrogen-bond acceptors (Lipinski definition) is 3. The van der Waals surface area contributed by atoms with E-state index in [-0.39, 0.29) is 17.5 Å². The molecule has 0 amide bonds. The zero-order valence-corrected chi connectivity index (χ0v) is 16.6. The molecule has 142 valence electrons. The van der Waals surface area contributed by atoms with Gasteiger partial charge in [0.25, 0.3) is 0 Å². The van der Waals surface area contributed by atoms with E-state index in [0.717, 1.165) is 38.0 Å². The molecule has 0 aromatic heterocycles. The van der Waals surface area contributed by atoms with Crippen molar-refractivity contribution in [3.8, 4) is 0 Å². The Hall–Kier alpha value is -1.48. The first kappa shape index (κ1) is 19.3. The summed E-state index contributed by atoms with van der Waals surface area (Å²) in [6.07, 6.45) is 3.85. The smallest absolute Gasteiger partial charge is 0.148 e. The van der Waals surface area contributed by atoms with Crippen LogP contribution in [0.25, 0.3) is 0 Å². The molecule has 0 bridgehead atoms. The minimum atomic E-state index is -0.538. The Labute approximate surface area is 157 Å². The molecule has 1 aromatic rings. The highest BCUT2D eigenvalue weighted by Crippen LogP contribution is 2.40. The lowest BCUT2D eigenvalue weighted by atomic mass is 9.68. The first-order valence-corrected chi connectivity index (χ1v) is 10.2. The molecule has 2 unspecified atom stereocenters. The SMILES string of the molecule is CCc1cc(C)cc(CC)c1C1C(=O)CC(C(C)C2CCOC2)CC1=O. The average Bonchev–Trinajstić information content (AvgIpc) is 3.15. The molecule has 1 heterocycles. The molecule has 0 spiro atoms. The van der Waals surface area contributed by atoms with Crippen molar-refractivity contribution >= 4 is 11.6 Å². The van der Waals surface area contributed by atoms with E-state index in [0.29, 0.717) is 24.7 Å². The van der Waals surface area contributed by atoms with Gasteiger partial charge in [0, 0.05) is 26.1 Å². The predicted molar refractivity (Wildman–Crippen MR) is 104 cm³/mol. The number of aryl methyl sites for hydroxylation is 3. The molecule has 3 rings (SSSR count). The van der Waals surface area contributed by atoms with Gasteiger partial charge in [0.1, 0.15) is 17.5 Å². The van der Waals surface area contributed by atoms with Crippen LogP contribution in [-0.2, 0) is 27.2 Å². The van der Waals surface area contributed by atoms with Crippen molar-refractivity contribution in [1.82, 2.24) is 0 Å². The maximum atomic E-state index is 13.1. The molecule has 0 N–H and O–H groups in total. The molecule has 3 nitrogen and oxygen atoms in total. The Morgan fingerprint density at radius 1 is 1.04 bits per heavy atom. The molecule has 2 fully saturated rings. The van der Waals surface area contributed by atoms with Crippen molar-refractivity contribution in [2.45, 2.75) is 65.7 Å². The van der Waals surface area contributed by atoms with Gasteiger partial charge in [-0.15, -0.1) is 0 Å². The van der Waals surface area contributed by atoms with Crippen molar-refractivity contribution in [2.24, 2.45) is 17.8 Å². The zero-order valence-electron chi connectivity index (χ0n) is 16.6. The number of Topliss-reactive ketones (excluding diaryl/α,β-unsaturated/α-hetero) is 2. The number of carbonyl (C=O) groups is 2. The summed E-state index contributed by atoms with van der Waals surface area (Å²) >= 11 is 0. The first-order valence-electron chi connectivity index (χ1n) is 10.2. The van der Waals surface area contributed by atoms with Crippen LogP contribution in [-0.4, -0.2) is 24.8 Å². The summed E-state index contributed by atoms with van der Waals surface area (Å²) in [5.41, 5.74) is 4.57. The van der Waals surface area contributed by atoms with Gasteiger partial charge in [0.2, 0.25) is 0 Å². The van der Waals surface area contributed by atoms with E-state index < -0.39 is 5.92 Å². The maximum absolute atomic E-state index is 13.1. The summed E-state index contributed by atoms with van der Waals surface area (Å²) < 4.78 is 5.52. The predicted octanol–water partition coefficient (Wildman–Crippen LogP) is 4.42. The van der Waals surface area contributed by atoms with Crippen LogP contribution in [0.5, 0.6) is 0 Å². The van der Waals surface area contributed by atoms with E-state index in [2.05, 4.69) is 39.8 Å². The van der Waals surface area contributed by atoms with E-state index in [9.17, 15) is 9.59 Å². The lowest BCUT2D eigenvalue weighted by molar-refractivity contribution is -0.134. The van der Waals surface area contributed by atoms with Gasteiger partial charge in [-0.25, -0.2) is 0 Å². The highest BCUT2D eigenvalue weighted by molar-refractivity contribution is 6.10. The largest absolute Gasteiger partial charge is 0.381 e. The number of carbonyl (C=O) groups excluding carboxylic acids is 2. The van der Waals surface area contributed by atoms with Gasteiger partial charge in [0.05, 0.1) is 0 Å². The minimum absolute atomic E-state index is 0.130. The molecule has 1 saturated carbocycles. The van der Waals surface area contributed by atoms with Gasteiger partial charge in [-0.1, -0.05) is 38.5 Å². The summed E-state index contributed by atoms with van der Waals surface area (Å²) in [6, 6.07) is 4.30. The first-order chi connectivity index (χ1) is 12.5. The van der Waals surface area contributed by atoms with Crippen LogP contribution in [0.4, 0.5) is 0 Å². The third kappa shape index (κ3) is 3.64. The van der Waals surface area contributed by atoms with Crippen LogP contribution in [0.1, 0.15) is 68.2 Å². The van der Waals surface area contributed by atoms with Gasteiger partial charge in [-0.2, -0.15) is 0 Å². The Morgan fingerprint density at radius 2 is 1.62 bits per heavy atom. The molecule has 1 aromatic carbocycles. The van der Waals surface area contributed by atoms with Crippen molar-refractivity contribution in [2.75, 3.05) is 13.2 Å². The molecule has 26 heavy (non-hydrogen) atoms. The molecule has 2 aliphatic rings. The van der Waals surface area contributed by atoms with E-state index in [4.69, 9.17) is 4.74 Å². The maximum Gasteiger partial charge on any atom is 0.148 e. The Morgan fingerprint density at radius 3 is 2.08 bits per heavy atom. The Kier molecular flexibility index (Phi) is 5.96. The zero-order chi connectivity index (χ0) is 18.8. The lowest BCUT2D eigenvalue weighted by Gasteiger charge is -2.34. The minimum Gasteiger partial charge on any atom is -0.381 e. The molecule has 2 atom stereocenters. The topological polar surface area (TPSA) is 43.4 Å². The number of ether oxygens (including phenoxy) is 1. The monoisotopic (exact) mass is 356 g/mol. The highest BCUT2D eigenvalue weighted by Gasteiger charge is 2.41. The summed E-state index contributed by atoms with van der Waals surface area (Å²) in [6.45, 7) is 10.1. The van der Waals surface area contributed by atoms with Crippen molar-refractivity contribution in [1.29, 1.82) is 0 Å². The van der Waals surface area contributed by atoms with Crippen LogP contribution in [0.2, 0.25) is 0 Å². The average molecular weight is 357 g/mol. The summed E-state index contributed by atoms with van der Waals surface area (Å²) in [5.74, 6) is 0.771. The van der Waals surface area contributed by atoms with E-state index in [1.807, 2.05) is 0 Å². The van der Waals surface area contributed by atoms with Crippen LogP contribution >= 0.6 is 0 Å². The number of benzene rings is 1. The normalized spacial score (nSPS) is 27.8. The van der Waals surface area contributed by atoms with Gasteiger partial charge in [-0.3, -0.25) is 9.59 Å². The molecule has 1 aliphatic carbocycles. The van der Waals surface area contributed by atoms with Crippen molar-refractivity contribution in [3.63, 3.8) is 0 Å². The fourth-order valence-corrected chi connectivity index (χ4v) is 4.96. The molecular formula is C23H32O3. The number of hydrogen-bond donors (Lipinski definition) is 0. The van der Waals surface area contributed by atoms with Crippen molar-refractivity contribution in [3.05, 3.63) is 34.4 Å². The Bertz CT molecular complexity index is 642. The van der Waals surface area contributed by atoms with E-state index >= 15 is 0 Å². The molecule has 1 saturated heterocycles. The third-order valence-electron chi connectivity index (χ3n) is 6.57. The summed E-state index contributed by atoms with van der Waals surface area (Å²) in [4.78, 5) is 26.2. The second-order valence-corrected chi connectivity index (χ2v) is 8.22. The van der Waals surface area contributed by atoms with E-state index in [1.54, 1.807) is 0 Å². The number of ketones is 2. The van der Waals surface area contributed by atoms with Crippen molar-refractivity contribution < 1.29 is 14.3 Å². The number of rotatable bonds is 5. The van der Waals surface area contributed by atoms with Crippen LogP contribution in [0, 0.1) is 24.7 Å². The van der Waals surface area contributed by atoms with Crippen LogP contribution < -0.4 is 0 Å². The fraction of sp³-hybridized carbons (Fsp3) is 0.652. The quantitative estimate of drug-likeness (QED) is 0.733. The molecular weight excluding hydrogens is 324 g/mol. The second kappa shape index (κ2) is 8.04. The van der Waals surface area contributed by atoms with Gasteiger partial charge in [0.15, 0.2) is 0 Å². The second-order valence-electron chi connectivity index (χ2n) is 8.22. The lowest BCUT2D eigenvalue weighted by Crippen LogP contribution is -2.37. The highest BCUT2D eigenvalue weighted by atomic mass is 16.5. The molecule has 3 heteroatoms. The summed E-state index contributed by atoms with van der Waals surface area (Å²) in [7, 11) is 0. The molecule has 1 aliphatic heterocycles.